The first-order chi connectivity index (χ1) is 13.6. The number of nitrogens with zero attached hydrogens (tertiary/aromatic N) is 3. The predicted molar refractivity (Wildman–Crippen MR) is 110 cm³/mol. The van der Waals surface area contributed by atoms with Gasteiger partial charge in [-0.2, -0.15) is 0 Å². The molecule has 5 nitrogen and oxygen atoms in total. The highest BCUT2D eigenvalue weighted by Crippen LogP contribution is 2.34. The largest absolute Gasteiger partial charge is 0.460 e. The maximum absolute atomic E-state index is 12.7. The Morgan fingerprint density at radius 3 is 2.89 bits per heavy atom. The molecule has 1 amide bonds. The fraction of sp³-hybridized carbons (Fsp3) is 0.455. The number of carbonyl (C=O) groups excluding carboxylic acids is 1. The van der Waals surface area contributed by atoms with Crippen molar-refractivity contribution in [1.29, 1.82) is 0 Å². The molecule has 2 aliphatic rings. The van der Waals surface area contributed by atoms with Crippen LogP contribution < -0.4 is 0 Å². The molecule has 0 aliphatic carbocycles. The van der Waals surface area contributed by atoms with Crippen molar-refractivity contribution in [3.8, 4) is 0 Å². The molecule has 3 aromatic rings. The summed E-state index contributed by atoms with van der Waals surface area (Å²) in [4.78, 5) is 23.1. The molecule has 4 heterocycles. The molecular formula is C22H25N3O2S. The Morgan fingerprint density at radius 1 is 1.25 bits per heavy atom. The van der Waals surface area contributed by atoms with Gasteiger partial charge >= 0.3 is 0 Å². The minimum atomic E-state index is 0.286. The second-order valence-corrected chi connectivity index (χ2v) is 9.22. The van der Waals surface area contributed by atoms with Crippen molar-refractivity contribution < 1.29 is 9.21 Å². The maximum Gasteiger partial charge on any atom is 0.224 e. The zero-order valence-corrected chi connectivity index (χ0v) is 17.2. The summed E-state index contributed by atoms with van der Waals surface area (Å²) in [5.74, 6) is 1.27. The first-order valence-corrected chi connectivity index (χ1v) is 10.8. The van der Waals surface area contributed by atoms with Gasteiger partial charge in [-0.1, -0.05) is 18.2 Å². The molecule has 5 rings (SSSR count). The molecule has 6 heteroatoms. The van der Waals surface area contributed by atoms with Gasteiger partial charge in [0, 0.05) is 48.3 Å². The zero-order valence-electron chi connectivity index (χ0n) is 16.4. The highest BCUT2D eigenvalue weighted by molar-refractivity contribution is 7.11. The van der Waals surface area contributed by atoms with Crippen LogP contribution in [0.2, 0.25) is 0 Å². The van der Waals surface area contributed by atoms with Gasteiger partial charge < -0.3 is 9.32 Å². The number of carbonyl (C=O) groups is 1. The summed E-state index contributed by atoms with van der Waals surface area (Å²) in [6, 6.07) is 10.9. The number of likely N-dealkylation sites (tertiary alicyclic amines) is 2. The number of thiazole rings is 1. The molecule has 2 fully saturated rings. The Bertz CT molecular complexity index is 971. The lowest BCUT2D eigenvalue weighted by atomic mass is 10.1. The van der Waals surface area contributed by atoms with Gasteiger partial charge in [0.15, 0.2) is 0 Å². The van der Waals surface area contributed by atoms with E-state index in [1.165, 1.54) is 4.88 Å². The smallest absolute Gasteiger partial charge is 0.224 e. The Balaban J connectivity index is 1.26. The molecule has 2 saturated heterocycles. The number of hydrogen-bond acceptors (Lipinski definition) is 5. The van der Waals surface area contributed by atoms with Gasteiger partial charge in [0.1, 0.15) is 11.3 Å². The second kappa shape index (κ2) is 7.01. The van der Waals surface area contributed by atoms with E-state index in [1.54, 1.807) is 11.3 Å². The average molecular weight is 396 g/mol. The number of fused-ring (bicyclic) bond motifs is 2. The standard InChI is InChI=1S/C22H25N3O2S/c1-14-15(2)28-21(23-14)8-10-25-18-7-9-24(19(18)12-22(25)26)13-17-11-16-5-3-4-6-20(16)27-17/h3-6,11,18-19H,7-10,12-13H2,1-2H3/t18-,19-/m0/s1. The SMILES string of the molecule is Cc1nc(CCN2C(=O)C[C@H]3[C@@H]2CCN3Cc2cc3ccccc3o2)sc1C. The van der Waals surface area contributed by atoms with Crippen molar-refractivity contribution in [2.75, 3.05) is 13.1 Å². The van der Waals surface area contributed by atoms with Crippen LogP contribution in [0.15, 0.2) is 34.7 Å². The minimum Gasteiger partial charge on any atom is -0.460 e. The molecule has 1 aromatic carbocycles. The highest BCUT2D eigenvalue weighted by Gasteiger charge is 2.46. The van der Waals surface area contributed by atoms with E-state index in [9.17, 15) is 4.79 Å². The molecule has 28 heavy (non-hydrogen) atoms. The predicted octanol–water partition coefficient (Wildman–Crippen LogP) is 3.92. The summed E-state index contributed by atoms with van der Waals surface area (Å²) >= 11 is 1.76. The van der Waals surface area contributed by atoms with E-state index in [4.69, 9.17) is 4.42 Å². The number of benzene rings is 1. The molecule has 2 aliphatic heterocycles. The van der Waals surface area contributed by atoms with Crippen molar-refractivity contribution in [2.24, 2.45) is 0 Å². The quantitative estimate of drug-likeness (QED) is 0.657. The van der Waals surface area contributed by atoms with Crippen LogP contribution in [0, 0.1) is 13.8 Å². The number of aryl methyl sites for hydroxylation is 2. The van der Waals surface area contributed by atoms with E-state index in [2.05, 4.69) is 40.8 Å². The molecule has 0 N–H and O–H groups in total. The van der Waals surface area contributed by atoms with E-state index >= 15 is 0 Å². The lowest BCUT2D eigenvalue weighted by Gasteiger charge is -2.24. The van der Waals surface area contributed by atoms with Crippen LogP contribution in [-0.4, -0.2) is 45.9 Å². The normalized spacial score (nSPS) is 22.5. The summed E-state index contributed by atoms with van der Waals surface area (Å²) < 4.78 is 6.00. The van der Waals surface area contributed by atoms with Gasteiger partial charge in [-0.3, -0.25) is 9.69 Å². The number of hydrogen-bond donors (Lipinski definition) is 0. The topological polar surface area (TPSA) is 49.6 Å². The molecule has 146 valence electrons. The Morgan fingerprint density at radius 2 is 2.11 bits per heavy atom. The molecule has 0 saturated carbocycles. The third kappa shape index (κ3) is 3.14. The van der Waals surface area contributed by atoms with Crippen LogP contribution in [0.5, 0.6) is 0 Å². The molecule has 2 atom stereocenters. The molecule has 0 radical (unpaired) electrons. The summed E-state index contributed by atoms with van der Waals surface area (Å²) in [6.45, 7) is 6.75. The van der Waals surface area contributed by atoms with E-state index in [0.717, 1.165) is 59.9 Å². The number of furan rings is 1. The van der Waals surface area contributed by atoms with Crippen molar-refractivity contribution in [3.63, 3.8) is 0 Å². The molecule has 0 unspecified atom stereocenters. The zero-order chi connectivity index (χ0) is 19.3. The number of rotatable bonds is 5. The van der Waals surface area contributed by atoms with Gasteiger partial charge in [-0.15, -0.1) is 11.3 Å². The fourth-order valence-corrected chi connectivity index (χ4v) is 5.60. The Hall–Kier alpha value is -2.18. The first kappa shape index (κ1) is 17.9. The summed E-state index contributed by atoms with van der Waals surface area (Å²) in [6.07, 6.45) is 2.53. The van der Waals surface area contributed by atoms with E-state index in [-0.39, 0.29) is 5.91 Å². The van der Waals surface area contributed by atoms with Crippen LogP contribution in [0.25, 0.3) is 11.0 Å². The van der Waals surface area contributed by atoms with E-state index in [1.807, 2.05) is 18.2 Å². The monoisotopic (exact) mass is 395 g/mol. The molecule has 0 spiro atoms. The van der Waals surface area contributed by atoms with Crippen molar-refractivity contribution in [1.82, 2.24) is 14.8 Å². The van der Waals surface area contributed by atoms with Crippen molar-refractivity contribution >= 4 is 28.2 Å². The Labute approximate surface area is 169 Å². The van der Waals surface area contributed by atoms with Crippen LogP contribution in [-0.2, 0) is 17.8 Å². The molecule has 2 aromatic heterocycles. The summed E-state index contributed by atoms with van der Waals surface area (Å²) in [5.41, 5.74) is 2.05. The number of amides is 1. The van der Waals surface area contributed by atoms with Gasteiger partial charge in [-0.25, -0.2) is 4.98 Å². The molecule has 0 bridgehead atoms. The van der Waals surface area contributed by atoms with E-state index < -0.39 is 0 Å². The average Bonchev–Trinajstić information content (AvgIpc) is 3.40. The number of para-hydroxylation sites is 1. The fourth-order valence-electron chi connectivity index (χ4n) is 4.67. The van der Waals surface area contributed by atoms with Crippen LogP contribution >= 0.6 is 11.3 Å². The van der Waals surface area contributed by atoms with Crippen LogP contribution in [0.1, 0.15) is 34.2 Å². The van der Waals surface area contributed by atoms with Gasteiger partial charge in [0.2, 0.25) is 5.91 Å². The molecular weight excluding hydrogens is 370 g/mol. The van der Waals surface area contributed by atoms with Gasteiger partial charge in [0.05, 0.1) is 17.2 Å². The lowest BCUT2D eigenvalue weighted by molar-refractivity contribution is -0.129. The van der Waals surface area contributed by atoms with E-state index in [0.29, 0.717) is 18.5 Å². The van der Waals surface area contributed by atoms with Crippen molar-refractivity contribution in [2.45, 2.75) is 51.7 Å². The summed E-state index contributed by atoms with van der Waals surface area (Å²) in [7, 11) is 0. The third-order valence-electron chi connectivity index (χ3n) is 6.20. The van der Waals surface area contributed by atoms with Crippen LogP contribution in [0.4, 0.5) is 0 Å². The van der Waals surface area contributed by atoms with Crippen LogP contribution in [0.3, 0.4) is 0 Å². The number of aromatic nitrogens is 1. The first-order valence-electron chi connectivity index (χ1n) is 10.0. The maximum atomic E-state index is 12.7. The minimum absolute atomic E-state index is 0.286. The van der Waals surface area contributed by atoms with Crippen molar-refractivity contribution in [3.05, 3.63) is 51.7 Å². The highest BCUT2D eigenvalue weighted by atomic mass is 32.1. The summed E-state index contributed by atoms with van der Waals surface area (Å²) in [5, 5.41) is 2.29. The lowest BCUT2D eigenvalue weighted by Crippen LogP contribution is -2.38. The van der Waals surface area contributed by atoms with Gasteiger partial charge in [0.25, 0.3) is 0 Å². The van der Waals surface area contributed by atoms with Gasteiger partial charge in [-0.05, 0) is 32.4 Å². The third-order valence-corrected chi connectivity index (χ3v) is 7.34. The second-order valence-electron chi connectivity index (χ2n) is 7.93. The Kier molecular flexibility index (Phi) is 4.48.